The second-order valence-corrected chi connectivity index (χ2v) is 6.24. The zero-order valence-corrected chi connectivity index (χ0v) is 13.5. The molecule has 0 aromatic heterocycles. The van der Waals surface area contributed by atoms with Gasteiger partial charge >= 0.3 is 6.03 Å². The van der Waals surface area contributed by atoms with Crippen molar-refractivity contribution in [3.05, 3.63) is 29.3 Å². The van der Waals surface area contributed by atoms with E-state index in [0.717, 1.165) is 55.9 Å². The number of methoxy groups -OCH3 is 1. The second kappa shape index (κ2) is 6.57. The van der Waals surface area contributed by atoms with Crippen LogP contribution >= 0.6 is 0 Å². The summed E-state index contributed by atoms with van der Waals surface area (Å²) in [5, 5.41) is 3.06. The number of nitrogens with one attached hydrogen (secondary N) is 1. The molecule has 4 rings (SSSR count). The predicted molar refractivity (Wildman–Crippen MR) is 86.1 cm³/mol. The average Bonchev–Trinajstić information content (AvgIpc) is 2.87. The second-order valence-electron chi connectivity index (χ2n) is 6.24. The van der Waals surface area contributed by atoms with Crippen molar-refractivity contribution >= 4 is 6.03 Å². The first kappa shape index (κ1) is 15.2. The Morgan fingerprint density at radius 1 is 1.27 bits per heavy atom. The van der Waals surface area contributed by atoms with Gasteiger partial charge in [-0.1, -0.05) is 12.1 Å². The largest absolute Gasteiger partial charge is 0.496 e. The number of hydrogen-bond acceptors (Lipinski definition) is 3. The number of hydrogen-bond donors (Lipinski definition) is 1. The lowest BCUT2D eigenvalue weighted by molar-refractivity contribution is 0.170. The van der Waals surface area contributed by atoms with Gasteiger partial charge < -0.3 is 19.9 Å². The van der Waals surface area contributed by atoms with E-state index >= 15 is 0 Å². The highest BCUT2D eigenvalue weighted by Crippen LogP contribution is 2.22. The van der Waals surface area contributed by atoms with Crippen molar-refractivity contribution in [1.29, 1.82) is 0 Å². The highest BCUT2D eigenvalue weighted by atomic mass is 16.5. The number of ether oxygens (including phenoxy) is 1. The van der Waals surface area contributed by atoms with Gasteiger partial charge in [0.2, 0.25) is 0 Å². The molecular weight excluding hydrogens is 278 g/mol. The van der Waals surface area contributed by atoms with Crippen LogP contribution in [0.5, 0.6) is 5.75 Å². The van der Waals surface area contributed by atoms with E-state index < -0.39 is 0 Å². The molecule has 0 unspecified atom stereocenters. The van der Waals surface area contributed by atoms with Gasteiger partial charge in [-0.3, -0.25) is 0 Å². The minimum atomic E-state index is 0.0522. The number of urea groups is 1. The molecule has 0 saturated carbocycles. The number of carbonyl (C=O) groups is 1. The number of aryl methyl sites for hydroxylation is 1. The van der Waals surface area contributed by atoms with E-state index in [1.807, 2.05) is 30.0 Å². The Morgan fingerprint density at radius 3 is 2.77 bits per heavy atom. The third kappa shape index (κ3) is 3.19. The molecule has 5 heteroatoms. The first-order chi connectivity index (χ1) is 10.7. The normalized spacial score (nSPS) is 24.0. The maximum Gasteiger partial charge on any atom is 0.317 e. The Labute approximate surface area is 132 Å². The Morgan fingerprint density at radius 2 is 2.05 bits per heavy atom. The lowest BCUT2D eigenvalue weighted by Crippen LogP contribution is -2.46. The molecule has 1 aromatic carbocycles. The number of piperidine rings is 1. The molecule has 0 aliphatic carbocycles. The van der Waals surface area contributed by atoms with E-state index in [0.29, 0.717) is 12.6 Å². The maximum atomic E-state index is 12.5. The van der Waals surface area contributed by atoms with Gasteiger partial charge in [-0.15, -0.1) is 0 Å². The summed E-state index contributed by atoms with van der Waals surface area (Å²) in [4.78, 5) is 17.0. The minimum absolute atomic E-state index is 0.0522. The molecule has 3 aliphatic heterocycles. The van der Waals surface area contributed by atoms with Gasteiger partial charge in [0.25, 0.3) is 0 Å². The summed E-state index contributed by atoms with van der Waals surface area (Å²) >= 11 is 0. The van der Waals surface area contributed by atoms with Crippen LogP contribution in [0.25, 0.3) is 0 Å². The highest BCUT2D eigenvalue weighted by molar-refractivity contribution is 5.74. The van der Waals surface area contributed by atoms with Crippen LogP contribution in [0.3, 0.4) is 0 Å². The van der Waals surface area contributed by atoms with Crippen LogP contribution in [-0.4, -0.2) is 55.2 Å². The van der Waals surface area contributed by atoms with E-state index in [4.69, 9.17) is 4.74 Å². The molecule has 1 N–H and O–H groups in total. The molecule has 3 fully saturated rings. The molecule has 120 valence electrons. The van der Waals surface area contributed by atoms with Crippen molar-refractivity contribution in [1.82, 2.24) is 15.1 Å². The van der Waals surface area contributed by atoms with Crippen molar-refractivity contribution in [2.75, 3.05) is 33.3 Å². The summed E-state index contributed by atoms with van der Waals surface area (Å²) in [6.45, 7) is 6.63. The molecule has 0 radical (unpaired) electrons. The molecule has 22 heavy (non-hydrogen) atoms. The summed E-state index contributed by atoms with van der Waals surface area (Å²) in [5.41, 5.74) is 2.18. The average molecular weight is 303 g/mol. The van der Waals surface area contributed by atoms with Crippen molar-refractivity contribution in [2.45, 2.75) is 32.4 Å². The van der Waals surface area contributed by atoms with E-state index in [1.165, 1.54) is 0 Å². The lowest BCUT2D eigenvalue weighted by atomic mass is 10.1. The molecular formula is C17H25N3O2. The van der Waals surface area contributed by atoms with Crippen LogP contribution in [0.4, 0.5) is 4.79 Å². The summed E-state index contributed by atoms with van der Waals surface area (Å²) in [7, 11) is 1.67. The van der Waals surface area contributed by atoms with Crippen molar-refractivity contribution in [3.8, 4) is 5.75 Å². The van der Waals surface area contributed by atoms with Gasteiger partial charge in [0.15, 0.2) is 0 Å². The lowest BCUT2D eigenvalue weighted by Gasteiger charge is -2.31. The van der Waals surface area contributed by atoms with E-state index in [2.05, 4.69) is 10.2 Å². The summed E-state index contributed by atoms with van der Waals surface area (Å²) in [5.74, 6) is 0.836. The fourth-order valence-electron chi connectivity index (χ4n) is 3.42. The van der Waals surface area contributed by atoms with Crippen LogP contribution in [0.1, 0.15) is 24.0 Å². The highest BCUT2D eigenvalue weighted by Gasteiger charge is 2.31. The van der Waals surface area contributed by atoms with Gasteiger partial charge in [-0.2, -0.15) is 0 Å². The first-order valence-electron chi connectivity index (χ1n) is 8.07. The molecule has 2 amide bonds. The summed E-state index contributed by atoms with van der Waals surface area (Å²) in [6.07, 6.45) is 2.20. The third-order valence-electron chi connectivity index (χ3n) is 4.79. The quantitative estimate of drug-likeness (QED) is 0.929. The number of amides is 2. The minimum Gasteiger partial charge on any atom is -0.496 e. The Bertz CT molecular complexity index is 539. The molecule has 1 aromatic rings. The van der Waals surface area contributed by atoms with Crippen LogP contribution in [-0.2, 0) is 6.54 Å². The number of benzene rings is 1. The van der Waals surface area contributed by atoms with E-state index in [1.54, 1.807) is 7.11 Å². The number of rotatable bonds is 3. The molecule has 0 spiro atoms. The SMILES string of the molecule is COc1cc(C)ccc1CNC(=O)N1CCN2CCC1CC2. The van der Waals surface area contributed by atoms with Gasteiger partial charge in [-0.05, 0) is 31.4 Å². The van der Waals surface area contributed by atoms with Crippen molar-refractivity contribution in [3.63, 3.8) is 0 Å². The number of carbonyl (C=O) groups excluding carboxylic acids is 1. The number of nitrogens with zero attached hydrogens (tertiary/aromatic N) is 2. The summed E-state index contributed by atoms with van der Waals surface area (Å²) < 4.78 is 5.40. The Balaban J connectivity index is 1.62. The smallest absolute Gasteiger partial charge is 0.317 e. The van der Waals surface area contributed by atoms with Gasteiger partial charge in [0.05, 0.1) is 7.11 Å². The van der Waals surface area contributed by atoms with Gasteiger partial charge in [0.1, 0.15) is 5.75 Å². The van der Waals surface area contributed by atoms with Gasteiger partial charge in [0, 0.05) is 44.3 Å². The Hall–Kier alpha value is -1.75. The van der Waals surface area contributed by atoms with Gasteiger partial charge in [-0.25, -0.2) is 4.79 Å². The summed E-state index contributed by atoms with van der Waals surface area (Å²) in [6, 6.07) is 6.52. The maximum absolute atomic E-state index is 12.5. The third-order valence-corrected chi connectivity index (χ3v) is 4.79. The molecule has 0 atom stereocenters. The van der Waals surface area contributed by atoms with Crippen molar-refractivity contribution in [2.24, 2.45) is 0 Å². The zero-order chi connectivity index (χ0) is 15.5. The molecule has 3 aliphatic rings. The molecule has 2 bridgehead atoms. The topological polar surface area (TPSA) is 44.8 Å². The monoisotopic (exact) mass is 303 g/mol. The molecule has 3 heterocycles. The molecule has 5 nitrogen and oxygen atoms in total. The van der Waals surface area contributed by atoms with Crippen LogP contribution in [0.15, 0.2) is 18.2 Å². The zero-order valence-electron chi connectivity index (χ0n) is 13.5. The van der Waals surface area contributed by atoms with Crippen LogP contribution in [0, 0.1) is 6.92 Å². The fraction of sp³-hybridized carbons (Fsp3) is 0.588. The first-order valence-corrected chi connectivity index (χ1v) is 8.07. The number of fused-ring (bicyclic) bond motifs is 4. The predicted octanol–water partition coefficient (Wildman–Crippen LogP) is 1.99. The van der Waals surface area contributed by atoms with E-state index in [9.17, 15) is 4.79 Å². The molecule has 3 saturated heterocycles. The van der Waals surface area contributed by atoms with Crippen LogP contribution < -0.4 is 10.1 Å². The van der Waals surface area contributed by atoms with Crippen molar-refractivity contribution < 1.29 is 9.53 Å². The fourth-order valence-corrected chi connectivity index (χ4v) is 3.42. The standard InChI is InChI=1S/C17H25N3O2/c1-13-3-4-14(16(11-13)22-2)12-18-17(21)20-10-9-19-7-5-15(20)6-8-19/h3-4,11,15H,5-10,12H2,1-2H3,(H,18,21). The van der Waals surface area contributed by atoms with E-state index in [-0.39, 0.29) is 6.03 Å². The van der Waals surface area contributed by atoms with Crippen LogP contribution in [0.2, 0.25) is 0 Å². The Kier molecular flexibility index (Phi) is 4.52.